The van der Waals surface area contributed by atoms with Gasteiger partial charge >= 0.3 is 12.3 Å². The molecule has 34 heavy (non-hydrogen) atoms. The maximum Gasteiger partial charge on any atom is 0.507 e. The molecule has 0 rings (SSSR count). The summed E-state index contributed by atoms with van der Waals surface area (Å²) in [6, 6.07) is 0. The summed E-state index contributed by atoms with van der Waals surface area (Å²) < 4.78 is 18.6. The van der Waals surface area contributed by atoms with Crippen molar-refractivity contribution in [2.45, 2.75) is 116 Å². The van der Waals surface area contributed by atoms with Crippen molar-refractivity contribution in [2.24, 2.45) is 0 Å². The molecule has 0 bridgehead atoms. The summed E-state index contributed by atoms with van der Waals surface area (Å²) >= 11 is 0. The van der Waals surface area contributed by atoms with E-state index < -0.39 is 12.3 Å². The highest BCUT2D eigenvalue weighted by Gasteiger charge is 2.00. The molecule has 0 unspecified atom stereocenters. The van der Waals surface area contributed by atoms with Crippen molar-refractivity contribution in [1.82, 2.24) is 0 Å². The Morgan fingerprint density at radius 1 is 0.471 bits per heavy atom. The van der Waals surface area contributed by atoms with Crippen LogP contribution in [0.4, 0.5) is 9.59 Å². The van der Waals surface area contributed by atoms with Crippen LogP contribution in [0.5, 0.6) is 0 Å². The Bertz CT molecular complexity index is 515. The molecule has 0 saturated heterocycles. The molecular formula is C28H50O6. The zero-order valence-electron chi connectivity index (χ0n) is 21.9. The van der Waals surface area contributed by atoms with Crippen LogP contribution in [0.1, 0.15) is 116 Å². The number of hydrogen-bond acceptors (Lipinski definition) is 6. The van der Waals surface area contributed by atoms with Gasteiger partial charge in [0.25, 0.3) is 0 Å². The topological polar surface area (TPSA) is 71.1 Å². The van der Waals surface area contributed by atoms with Gasteiger partial charge in [-0.2, -0.15) is 0 Å². The van der Waals surface area contributed by atoms with E-state index in [9.17, 15) is 9.59 Å². The zero-order valence-corrected chi connectivity index (χ0v) is 21.9. The molecule has 0 aliphatic rings. The second-order valence-electron chi connectivity index (χ2n) is 8.66. The van der Waals surface area contributed by atoms with E-state index in [0.29, 0.717) is 13.2 Å². The molecule has 0 heterocycles. The van der Waals surface area contributed by atoms with Crippen molar-refractivity contribution >= 4 is 12.3 Å². The Hall–Kier alpha value is -1.98. The molecule has 0 aromatic carbocycles. The number of carbonyl (C=O) groups is 2. The fourth-order valence-electron chi connectivity index (χ4n) is 3.61. The van der Waals surface area contributed by atoms with E-state index in [2.05, 4.69) is 33.8 Å². The number of rotatable bonds is 23. The minimum Gasteiger partial charge on any atom is -0.438 e. The summed E-state index contributed by atoms with van der Waals surface area (Å²) in [6.45, 7) is 0.929. The van der Waals surface area contributed by atoms with E-state index in [1.54, 1.807) is 0 Å². The van der Waals surface area contributed by atoms with Gasteiger partial charge in [-0.3, -0.25) is 0 Å². The number of unbranched alkanes of at least 4 members (excludes halogenated alkanes) is 15. The van der Waals surface area contributed by atoms with E-state index in [0.717, 1.165) is 32.1 Å². The third-order valence-electron chi connectivity index (χ3n) is 5.66. The molecule has 198 valence electrons. The normalized spacial score (nSPS) is 11.2. The number of methoxy groups -OCH3 is 2. The van der Waals surface area contributed by atoms with Crippen LogP contribution >= 0.6 is 0 Å². The maximum absolute atomic E-state index is 10.8. The molecule has 6 nitrogen and oxygen atoms in total. The average Bonchev–Trinajstić information content (AvgIpc) is 2.85. The first-order valence-electron chi connectivity index (χ1n) is 13.4. The first kappa shape index (κ1) is 32.0. The van der Waals surface area contributed by atoms with Crippen molar-refractivity contribution in [3.63, 3.8) is 0 Å². The Kier molecular flexibility index (Phi) is 25.7. The van der Waals surface area contributed by atoms with Crippen molar-refractivity contribution < 1.29 is 28.5 Å². The number of ether oxygens (including phenoxy) is 4. The van der Waals surface area contributed by atoms with E-state index in [-0.39, 0.29) is 0 Å². The smallest absolute Gasteiger partial charge is 0.438 e. The second kappa shape index (κ2) is 27.3. The van der Waals surface area contributed by atoms with Crippen LogP contribution in [-0.2, 0) is 18.9 Å². The lowest BCUT2D eigenvalue weighted by Gasteiger charge is -2.03. The van der Waals surface area contributed by atoms with E-state index >= 15 is 0 Å². The molecule has 6 heteroatoms. The Labute approximate surface area is 208 Å². The Morgan fingerprint density at radius 3 is 1.15 bits per heavy atom. The molecule has 0 spiro atoms. The van der Waals surface area contributed by atoms with Gasteiger partial charge in [-0.25, -0.2) is 9.59 Å². The fraction of sp³-hybridized carbons (Fsp3) is 0.786. The summed E-state index contributed by atoms with van der Waals surface area (Å²) in [5.74, 6) is 0. The lowest BCUT2D eigenvalue weighted by Crippen LogP contribution is -2.05. The zero-order chi connectivity index (χ0) is 25.0. The van der Waals surface area contributed by atoms with Gasteiger partial charge in [-0.1, -0.05) is 94.9 Å². The van der Waals surface area contributed by atoms with E-state index in [4.69, 9.17) is 9.47 Å². The summed E-state index contributed by atoms with van der Waals surface area (Å²) in [5, 5.41) is 0. The summed E-state index contributed by atoms with van der Waals surface area (Å²) in [7, 11) is 2.67. The van der Waals surface area contributed by atoms with Gasteiger partial charge in [0.1, 0.15) is 0 Å². The number of hydrogen-bond donors (Lipinski definition) is 0. The van der Waals surface area contributed by atoms with E-state index in [1.165, 1.54) is 97.7 Å². The molecule has 0 aliphatic carbocycles. The minimum absolute atomic E-state index is 0.461. The van der Waals surface area contributed by atoms with Crippen LogP contribution in [0.2, 0.25) is 0 Å². The van der Waals surface area contributed by atoms with Gasteiger partial charge in [-0.15, -0.1) is 0 Å². The van der Waals surface area contributed by atoms with Gasteiger partial charge in [-0.05, 0) is 44.9 Å². The van der Waals surface area contributed by atoms with Crippen LogP contribution in [0, 0.1) is 0 Å². The van der Waals surface area contributed by atoms with Gasteiger partial charge in [0.2, 0.25) is 0 Å². The maximum atomic E-state index is 10.8. The van der Waals surface area contributed by atoms with Crippen LogP contribution in [0.3, 0.4) is 0 Å². The molecule has 0 atom stereocenters. The highest BCUT2D eigenvalue weighted by atomic mass is 16.7. The third kappa shape index (κ3) is 26.3. The number of allylic oxidation sites excluding steroid dienone is 4. The molecule has 0 radical (unpaired) electrons. The van der Waals surface area contributed by atoms with Crippen molar-refractivity contribution in [2.75, 3.05) is 27.4 Å². The largest absolute Gasteiger partial charge is 0.507 e. The standard InChI is InChI=1S/C28H50O6/c1-31-27(29)33-25-23-21-19-17-15-13-11-9-7-5-3-4-6-8-10-12-14-16-18-20-22-24-26-34-28(30)32-2/h3-4,7,9H,5-6,8,10-26H2,1-2H3. The van der Waals surface area contributed by atoms with Crippen LogP contribution in [0.25, 0.3) is 0 Å². The Balaban J connectivity index is 3.21. The van der Waals surface area contributed by atoms with Gasteiger partial charge in [0, 0.05) is 0 Å². The first-order valence-corrected chi connectivity index (χ1v) is 13.4. The third-order valence-corrected chi connectivity index (χ3v) is 5.66. The molecule has 0 amide bonds. The summed E-state index contributed by atoms with van der Waals surface area (Å²) in [4.78, 5) is 21.6. The highest BCUT2D eigenvalue weighted by Crippen LogP contribution is 2.11. The molecule has 0 aromatic rings. The number of carbonyl (C=O) groups excluding carboxylic acids is 2. The molecule has 0 aliphatic heterocycles. The van der Waals surface area contributed by atoms with Crippen molar-refractivity contribution in [3.05, 3.63) is 24.3 Å². The lowest BCUT2D eigenvalue weighted by molar-refractivity contribution is 0.0704. The summed E-state index contributed by atoms with van der Waals surface area (Å²) in [6.07, 6.45) is 29.6. The van der Waals surface area contributed by atoms with Gasteiger partial charge < -0.3 is 18.9 Å². The van der Waals surface area contributed by atoms with Crippen LogP contribution in [-0.4, -0.2) is 39.7 Å². The molecule has 0 saturated carbocycles. The predicted molar refractivity (Wildman–Crippen MR) is 138 cm³/mol. The minimum atomic E-state index is -0.585. The summed E-state index contributed by atoms with van der Waals surface area (Å²) in [5.41, 5.74) is 0. The second-order valence-corrected chi connectivity index (χ2v) is 8.66. The Morgan fingerprint density at radius 2 is 0.794 bits per heavy atom. The van der Waals surface area contributed by atoms with E-state index in [1.807, 2.05) is 0 Å². The predicted octanol–water partition coefficient (Wildman–Crippen LogP) is 8.69. The van der Waals surface area contributed by atoms with Gasteiger partial charge in [0.05, 0.1) is 27.4 Å². The molecule has 0 fully saturated rings. The molecule has 0 N–H and O–H groups in total. The van der Waals surface area contributed by atoms with Crippen LogP contribution < -0.4 is 0 Å². The average molecular weight is 483 g/mol. The van der Waals surface area contributed by atoms with Gasteiger partial charge in [0.15, 0.2) is 0 Å². The quantitative estimate of drug-likeness (QED) is 0.0824. The highest BCUT2D eigenvalue weighted by molar-refractivity contribution is 5.59. The molecule has 0 aromatic heterocycles. The first-order chi connectivity index (χ1) is 16.7. The fourth-order valence-corrected chi connectivity index (χ4v) is 3.61. The monoisotopic (exact) mass is 482 g/mol. The van der Waals surface area contributed by atoms with Crippen LogP contribution in [0.15, 0.2) is 24.3 Å². The van der Waals surface area contributed by atoms with Crippen molar-refractivity contribution in [3.8, 4) is 0 Å². The lowest BCUT2D eigenvalue weighted by atomic mass is 10.1. The van der Waals surface area contributed by atoms with Crippen molar-refractivity contribution in [1.29, 1.82) is 0 Å². The SMILES string of the molecule is COC(=O)OCCCCCCCCC=CCC=CCCCCCCCCCCCOC(=O)OC. The molecular weight excluding hydrogens is 432 g/mol.